The molecule has 4 rings (SSSR count). The zero-order valence-electron chi connectivity index (χ0n) is 28.6. The summed E-state index contributed by atoms with van der Waals surface area (Å²) in [6.45, 7) is 15.9. The topological polar surface area (TPSA) is 48.7 Å². The molecule has 1 atom stereocenters. The molecule has 1 unspecified atom stereocenters. The van der Waals surface area contributed by atoms with Gasteiger partial charge < -0.3 is 5.32 Å². The van der Waals surface area contributed by atoms with Crippen molar-refractivity contribution in [3.63, 3.8) is 0 Å². The lowest BCUT2D eigenvalue weighted by Crippen LogP contribution is -2.22. The van der Waals surface area contributed by atoms with Gasteiger partial charge in [-0.1, -0.05) is 68.8 Å². The Labute approximate surface area is 273 Å². The molecule has 0 saturated heterocycles. The Morgan fingerprint density at radius 1 is 0.733 bits per heavy atom. The Kier molecular flexibility index (Phi) is 13.0. The van der Waals surface area contributed by atoms with Crippen molar-refractivity contribution in [2.24, 2.45) is 5.92 Å². The molecule has 0 radical (unpaired) electrons. The number of pyridine rings is 1. The maximum atomic E-state index is 9.23. The minimum absolute atomic E-state index is 0.629. The Morgan fingerprint density at radius 2 is 1.36 bits per heavy atom. The van der Waals surface area contributed by atoms with E-state index in [2.05, 4.69) is 106 Å². The molecule has 0 aliphatic heterocycles. The first kappa shape index (κ1) is 34.1. The van der Waals surface area contributed by atoms with Gasteiger partial charge in [-0.05, 0) is 165 Å². The van der Waals surface area contributed by atoms with E-state index in [9.17, 15) is 5.26 Å². The zero-order chi connectivity index (χ0) is 32.2. The number of benzene rings is 3. The number of nitrogens with zero attached hydrogens (tertiary/aromatic N) is 2. The molecule has 1 N–H and O–H groups in total. The highest BCUT2D eigenvalue weighted by atomic mass is 14.8. The minimum Gasteiger partial charge on any atom is -0.316 e. The van der Waals surface area contributed by atoms with Crippen LogP contribution in [0.1, 0.15) is 95.2 Å². The van der Waals surface area contributed by atoms with E-state index in [1.54, 1.807) is 6.20 Å². The molecule has 0 fully saturated rings. The smallest absolute Gasteiger partial charge is 0.101 e. The normalized spacial score (nSPS) is 11.8. The summed E-state index contributed by atoms with van der Waals surface area (Å²) in [7, 11) is 0. The molecule has 0 amide bonds. The largest absolute Gasteiger partial charge is 0.316 e. The molecule has 3 heteroatoms. The molecule has 45 heavy (non-hydrogen) atoms. The van der Waals surface area contributed by atoms with E-state index < -0.39 is 0 Å². The predicted molar refractivity (Wildman–Crippen MR) is 191 cm³/mol. The van der Waals surface area contributed by atoms with E-state index in [4.69, 9.17) is 0 Å². The maximum Gasteiger partial charge on any atom is 0.101 e. The third-order valence-electron chi connectivity index (χ3n) is 9.57. The van der Waals surface area contributed by atoms with Crippen LogP contribution in [-0.4, -0.2) is 18.1 Å². The Bertz CT molecular complexity index is 1590. The van der Waals surface area contributed by atoms with Crippen LogP contribution in [0.2, 0.25) is 0 Å². The SMILES string of the molecule is CCCC(C)CNCCCCc1cccc(-c2cccc(CCc3cc(CCc4cncc(C#N)c4)c(C)cc3C)c2C)c1C. The average molecular weight is 600 g/mol. The molecule has 0 saturated carbocycles. The first-order valence-corrected chi connectivity index (χ1v) is 17.1. The second-order valence-electron chi connectivity index (χ2n) is 13.1. The Hall–Kier alpha value is -3.74. The zero-order valence-corrected chi connectivity index (χ0v) is 28.6. The molecule has 3 nitrogen and oxygen atoms in total. The summed E-state index contributed by atoms with van der Waals surface area (Å²) in [5, 5.41) is 12.9. The molecule has 3 aromatic carbocycles. The lowest BCUT2D eigenvalue weighted by atomic mass is 9.88. The molecule has 0 spiro atoms. The van der Waals surface area contributed by atoms with Crippen LogP contribution in [0.25, 0.3) is 11.1 Å². The summed E-state index contributed by atoms with van der Waals surface area (Å²) in [6, 6.07) is 22.7. The quantitative estimate of drug-likeness (QED) is 0.130. The van der Waals surface area contributed by atoms with Crippen molar-refractivity contribution >= 4 is 0 Å². The van der Waals surface area contributed by atoms with E-state index in [0.717, 1.165) is 56.7 Å². The van der Waals surface area contributed by atoms with Gasteiger partial charge in [0.25, 0.3) is 0 Å². The number of nitriles is 1. The monoisotopic (exact) mass is 599 g/mol. The van der Waals surface area contributed by atoms with Gasteiger partial charge in [0, 0.05) is 12.4 Å². The van der Waals surface area contributed by atoms with Crippen molar-refractivity contribution in [1.82, 2.24) is 10.3 Å². The molecule has 0 aliphatic rings. The van der Waals surface area contributed by atoms with Gasteiger partial charge in [0.1, 0.15) is 6.07 Å². The van der Waals surface area contributed by atoms with E-state index in [-0.39, 0.29) is 0 Å². The second kappa shape index (κ2) is 17.1. The fourth-order valence-corrected chi connectivity index (χ4v) is 6.72. The van der Waals surface area contributed by atoms with E-state index >= 15 is 0 Å². The summed E-state index contributed by atoms with van der Waals surface area (Å²) in [6.07, 6.45) is 13.6. The summed E-state index contributed by atoms with van der Waals surface area (Å²) in [5.74, 6) is 0.773. The van der Waals surface area contributed by atoms with Crippen molar-refractivity contribution in [2.75, 3.05) is 13.1 Å². The van der Waals surface area contributed by atoms with E-state index in [0.29, 0.717) is 5.56 Å². The lowest BCUT2D eigenvalue weighted by Gasteiger charge is -2.17. The van der Waals surface area contributed by atoms with Crippen LogP contribution in [0.4, 0.5) is 0 Å². The molecular formula is C42H53N3. The van der Waals surface area contributed by atoms with Gasteiger partial charge in [-0.15, -0.1) is 0 Å². The number of hydrogen-bond donors (Lipinski definition) is 1. The standard InChI is InChI=1S/C42H53N3/c1-7-12-30(2)27-44-22-9-8-13-37-14-10-16-41(33(37)5)42-17-11-15-38(34(42)6)20-21-40-25-39(31(3)23-32(40)4)19-18-35-24-36(26-43)29-45-28-35/h10-11,14-17,23-25,28-30,44H,7-9,12-13,18-22,27H2,1-6H3. The predicted octanol–water partition coefficient (Wildman–Crippen LogP) is 9.77. The second-order valence-corrected chi connectivity index (χ2v) is 13.1. The van der Waals surface area contributed by atoms with Crippen LogP contribution in [0.15, 0.2) is 67.0 Å². The molecule has 4 aromatic rings. The number of aromatic nitrogens is 1. The third kappa shape index (κ3) is 9.62. The van der Waals surface area contributed by atoms with Crippen molar-refractivity contribution in [3.8, 4) is 17.2 Å². The highest BCUT2D eigenvalue weighted by Crippen LogP contribution is 2.31. The van der Waals surface area contributed by atoms with Crippen molar-refractivity contribution < 1.29 is 0 Å². The van der Waals surface area contributed by atoms with Gasteiger partial charge in [-0.3, -0.25) is 4.98 Å². The van der Waals surface area contributed by atoms with Crippen molar-refractivity contribution in [1.29, 1.82) is 5.26 Å². The van der Waals surface area contributed by atoms with E-state index in [1.807, 2.05) is 12.3 Å². The average Bonchev–Trinajstić information content (AvgIpc) is 3.03. The van der Waals surface area contributed by atoms with E-state index in [1.165, 1.54) is 81.3 Å². The number of aryl methyl sites for hydroxylation is 7. The summed E-state index contributed by atoms with van der Waals surface area (Å²) >= 11 is 0. The maximum absolute atomic E-state index is 9.23. The van der Waals surface area contributed by atoms with Gasteiger partial charge >= 0.3 is 0 Å². The molecule has 0 aliphatic carbocycles. The fraction of sp³-hybridized carbons (Fsp3) is 0.429. The van der Waals surface area contributed by atoms with Gasteiger partial charge in [0.15, 0.2) is 0 Å². The van der Waals surface area contributed by atoms with Crippen molar-refractivity contribution in [3.05, 3.63) is 123 Å². The van der Waals surface area contributed by atoms with Gasteiger partial charge in [-0.2, -0.15) is 5.26 Å². The summed E-state index contributed by atoms with van der Waals surface area (Å²) in [4.78, 5) is 4.24. The van der Waals surface area contributed by atoms with Crippen LogP contribution in [0, 0.1) is 44.9 Å². The van der Waals surface area contributed by atoms with Crippen molar-refractivity contribution in [2.45, 2.75) is 99.3 Å². The lowest BCUT2D eigenvalue weighted by molar-refractivity contribution is 0.470. The number of nitrogens with one attached hydrogen (secondary N) is 1. The highest BCUT2D eigenvalue weighted by molar-refractivity contribution is 5.72. The number of unbranched alkanes of at least 4 members (excludes halogenated alkanes) is 1. The van der Waals surface area contributed by atoms with Gasteiger partial charge in [-0.25, -0.2) is 0 Å². The summed E-state index contributed by atoms with van der Waals surface area (Å²) in [5.41, 5.74) is 15.8. The molecule has 236 valence electrons. The van der Waals surface area contributed by atoms with Gasteiger partial charge in [0.05, 0.1) is 5.56 Å². The van der Waals surface area contributed by atoms with Crippen LogP contribution in [0.5, 0.6) is 0 Å². The first-order valence-electron chi connectivity index (χ1n) is 17.1. The van der Waals surface area contributed by atoms with Crippen LogP contribution >= 0.6 is 0 Å². The number of hydrogen-bond acceptors (Lipinski definition) is 3. The highest BCUT2D eigenvalue weighted by Gasteiger charge is 2.13. The molecule has 1 heterocycles. The Balaban J connectivity index is 1.40. The van der Waals surface area contributed by atoms with Gasteiger partial charge in [0.2, 0.25) is 0 Å². The Morgan fingerprint density at radius 3 is 2.00 bits per heavy atom. The minimum atomic E-state index is 0.629. The molecule has 1 aromatic heterocycles. The first-order chi connectivity index (χ1) is 21.8. The van der Waals surface area contributed by atoms with Crippen LogP contribution < -0.4 is 5.32 Å². The van der Waals surface area contributed by atoms with Crippen LogP contribution in [-0.2, 0) is 32.1 Å². The molecular weight excluding hydrogens is 546 g/mol. The fourth-order valence-electron chi connectivity index (χ4n) is 6.72. The number of rotatable bonds is 16. The molecule has 0 bridgehead atoms. The van der Waals surface area contributed by atoms with Crippen LogP contribution in [0.3, 0.4) is 0 Å². The third-order valence-corrected chi connectivity index (χ3v) is 9.57. The summed E-state index contributed by atoms with van der Waals surface area (Å²) < 4.78 is 0.